The molecule has 4 heteroatoms. The van der Waals surface area contributed by atoms with Gasteiger partial charge in [0.1, 0.15) is 0 Å². The van der Waals surface area contributed by atoms with Gasteiger partial charge in [0.2, 0.25) is 5.91 Å². The van der Waals surface area contributed by atoms with E-state index in [-0.39, 0.29) is 5.91 Å². The van der Waals surface area contributed by atoms with E-state index in [1.807, 2.05) is 30.3 Å². The number of nitrogens with one attached hydrogen (secondary N) is 2. The third-order valence-electron chi connectivity index (χ3n) is 2.54. The van der Waals surface area contributed by atoms with Gasteiger partial charge in [-0.1, -0.05) is 18.2 Å². The summed E-state index contributed by atoms with van der Waals surface area (Å²) in [6.07, 6.45) is 1.04. The van der Waals surface area contributed by atoms with Gasteiger partial charge in [-0.2, -0.15) is 0 Å². The van der Waals surface area contributed by atoms with Crippen LogP contribution in [0.5, 0.6) is 0 Å². The molecule has 2 rings (SSSR count). The average molecular weight is 236 g/mol. The summed E-state index contributed by atoms with van der Waals surface area (Å²) in [5.41, 5.74) is 0. The molecular formula is C12H16N2OS. The quantitative estimate of drug-likeness (QED) is 0.773. The zero-order chi connectivity index (χ0) is 11.2. The molecule has 1 amide bonds. The van der Waals surface area contributed by atoms with E-state index in [9.17, 15) is 4.79 Å². The Bertz CT molecular complexity index is 336. The predicted molar refractivity (Wildman–Crippen MR) is 66.6 cm³/mol. The summed E-state index contributed by atoms with van der Waals surface area (Å²) in [6.45, 7) is 1.92. The second-order valence-corrected chi connectivity index (χ2v) is 4.91. The van der Waals surface area contributed by atoms with Crippen LogP contribution in [-0.4, -0.2) is 30.8 Å². The van der Waals surface area contributed by atoms with Gasteiger partial charge in [-0.05, 0) is 25.1 Å². The van der Waals surface area contributed by atoms with E-state index in [4.69, 9.17) is 0 Å². The highest BCUT2D eigenvalue weighted by atomic mass is 32.2. The number of hydrogen-bond acceptors (Lipinski definition) is 3. The third-order valence-corrected chi connectivity index (χ3v) is 3.55. The van der Waals surface area contributed by atoms with Gasteiger partial charge in [0, 0.05) is 17.5 Å². The van der Waals surface area contributed by atoms with Crippen LogP contribution in [0.3, 0.4) is 0 Å². The minimum atomic E-state index is 0.127. The number of carbonyl (C=O) groups is 1. The third kappa shape index (κ3) is 3.54. The van der Waals surface area contributed by atoms with Crippen molar-refractivity contribution < 1.29 is 4.79 Å². The van der Waals surface area contributed by atoms with Crippen molar-refractivity contribution in [3.63, 3.8) is 0 Å². The van der Waals surface area contributed by atoms with Crippen LogP contribution in [0.2, 0.25) is 0 Å². The van der Waals surface area contributed by atoms with Crippen LogP contribution >= 0.6 is 11.8 Å². The summed E-state index contributed by atoms with van der Waals surface area (Å²) in [7, 11) is 0. The van der Waals surface area contributed by atoms with Crippen LogP contribution in [0.1, 0.15) is 6.42 Å². The van der Waals surface area contributed by atoms with Gasteiger partial charge >= 0.3 is 0 Å². The molecule has 1 fully saturated rings. The zero-order valence-electron chi connectivity index (χ0n) is 9.11. The van der Waals surface area contributed by atoms with Gasteiger partial charge in [0.25, 0.3) is 0 Å². The first kappa shape index (κ1) is 11.5. The molecule has 0 aliphatic carbocycles. The van der Waals surface area contributed by atoms with Gasteiger partial charge < -0.3 is 10.6 Å². The van der Waals surface area contributed by atoms with Crippen LogP contribution in [0, 0.1) is 0 Å². The summed E-state index contributed by atoms with van der Waals surface area (Å²) in [6, 6.07) is 10.3. The summed E-state index contributed by atoms with van der Waals surface area (Å²) < 4.78 is 0. The molecule has 86 valence electrons. The average Bonchev–Trinajstić information content (AvgIpc) is 2.81. The Hall–Kier alpha value is -1.00. The summed E-state index contributed by atoms with van der Waals surface area (Å²) in [4.78, 5) is 12.8. The lowest BCUT2D eigenvalue weighted by Crippen LogP contribution is -2.37. The fraction of sp³-hybridized carbons (Fsp3) is 0.417. The van der Waals surface area contributed by atoms with E-state index in [0.29, 0.717) is 11.8 Å². The first-order valence-electron chi connectivity index (χ1n) is 5.52. The molecule has 1 atom stereocenters. The zero-order valence-corrected chi connectivity index (χ0v) is 9.93. The van der Waals surface area contributed by atoms with Gasteiger partial charge in [-0.25, -0.2) is 0 Å². The minimum absolute atomic E-state index is 0.127. The normalized spacial score (nSPS) is 19.6. The Balaban J connectivity index is 1.71. The maximum atomic E-state index is 11.6. The molecule has 2 N–H and O–H groups in total. The predicted octanol–water partition coefficient (Wildman–Crippen LogP) is 1.26. The van der Waals surface area contributed by atoms with E-state index in [1.54, 1.807) is 11.8 Å². The van der Waals surface area contributed by atoms with Crippen molar-refractivity contribution in [1.82, 2.24) is 10.6 Å². The van der Waals surface area contributed by atoms with Crippen molar-refractivity contribution in [2.45, 2.75) is 17.4 Å². The van der Waals surface area contributed by atoms with Gasteiger partial charge in [0.05, 0.1) is 5.75 Å². The van der Waals surface area contributed by atoms with Gasteiger partial charge in [0.15, 0.2) is 0 Å². The van der Waals surface area contributed by atoms with Crippen molar-refractivity contribution in [2.24, 2.45) is 0 Å². The Morgan fingerprint density at radius 1 is 1.44 bits per heavy atom. The Labute approximate surface area is 100.0 Å². The maximum absolute atomic E-state index is 11.6. The molecule has 1 saturated heterocycles. The van der Waals surface area contributed by atoms with Crippen LogP contribution in [-0.2, 0) is 4.79 Å². The smallest absolute Gasteiger partial charge is 0.230 e. The lowest BCUT2D eigenvalue weighted by Gasteiger charge is -2.10. The number of rotatable bonds is 4. The van der Waals surface area contributed by atoms with Crippen LogP contribution in [0.25, 0.3) is 0 Å². The molecule has 1 heterocycles. The summed E-state index contributed by atoms with van der Waals surface area (Å²) in [5.74, 6) is 0.628. The first-order chi connectivity index (χ1) is 7.84. The second-order valence-electron chi connectivity index (χ2n) is 3.86. The monoisotopic (exact) mass is 236 g/mol. The van der Waals surface area contributed by atoms with Crippen LogP contribution in [0.15, 0.2) is 35.2 Å². The molecule has 1 aliphatic rings. The molecule has 0 aromatic heterocycles. The highest BCUT2D eigenvalue weighted by Crippen LogP contribution is 2.16. The van der Waals surface area contributed by atoms with E-state index >= 15 is 0 Å². The molecule has 0 bridgehead atoms. The fourth-order valence-electron chi connectivity index (χ4n) is 1.71. The first-order valence-corrected chi connectivity index (χ1v) is 6.51. The molecule has 1 aromatic carbocycles. The van der Waals surface area contributed by atoms with Gasteiger partial charge in [-0.3, -0.25) is 4.79 Å². The molecular weight excluding hydrogens is 220 g/mol. The summed E-state index contributed by atoms with van der Waals surface area (Å²) >= 11 is 1.58. The standard InChI is InChI=1S/C12H16N2OS/c15-12(14-10-6-7-13-8-10)9-16-11-4-2-1-3-5-11/h1-5,10,13H,6-9H2,(H,14,15)/t10-/m1/s1. The van der Waals surface area contributed by atoms with E-state index in [1.165, 1.54) is 0 Å². The van der Waals surface area contributed by atoms with Crippen LogP contribution < -0.4 is 10.6 Å². The highest BCUT2D eigenvalue weighted by Gasteiger charge is 2.16. The minimum Gasteiger partial charge on any atom is -0.351 e. The molecule has 1 aromatic rings. The Kier molecular flexibility index (Phi) is 4.25. The van der Waals surface area contributed by atoms with E-state index < -0.39 is 0 Å². The number of hydrogen-bond donors (Lipinski definition) is 2. The molecule has 16 heavy (non-hydrogen) atoms. The van der Waals surface area contributed by atoms with Crippen molar-refractivity contribution >= 4 is 17.7 Å². The maximum Gasteiger partial charge on any atom is 0.230 e. The number of thioether (sulfide) groups is 1. The Morgan fingerprint density at radius 3 is 2.94 bits per heavy atom. The number of amides is 1. The lowest BCUT2D eigenvalue weighted by molar-refractivity contribution is -0.119. The summed E-state index contributed by atoms with van der Waals surface area (Å²) in [5, 5.41) is 6.26. The number of carbonyl (C=O) groups excluding carboxylic acids is 1. The number of benzene rings is 1. The van der Waals surface area contributed by atoms with Crippen LogP contribution in [0.4, 0.5) is 0 Å². The van der Waals surface area contributed by atoms with Crippen molar-refractivity contribution in [2.75, 3.05) is 18.8 Å². The lowest BCUT2D eigenvalue weighted by atomic mass is 10.3. The molecule has 3 nitrogen and oxygen atoms in total. The Morgan fingerprint density at radius 2 is 2.25 bits per heavy atom. The largest absolute Gasteiger partial charge is 0.351 e. The van der Waals surface area contributed by atoms with E-state index in [0.717, 1.165) is 24.4 Å². The molecule has 0 saturated carbocycles. The molecule has 1 aliphatic heterocycles. The second kappa shape index (κ2) is 5.92. The van der Waals surface area contributed by atoms with Crippen molar-refractivity contribution in [3.05, 3.63) is 30.3 Å². The SMILES string of the molecule is O=C(CSc1ccccc1)N[C@@H]1CCNC1. The van der Waals surface area contributed by atoms with Gasteiger partial charge in [-0.15, -0.1) is 11.8 Å². The van der Waals surface area contributed by atoms with E-state index in [2.05, 4.69) is 10.6 Å². The molecule has 0 radical (unpaired) electrons. The fourth-order valence-corrected chi connectivity index (χ4v) is 2.44. The highest BCUT2D eigenvalue weighted by molar-refractivity contribution is 8.00. The topological polar surface area (TPSA) is 41.1 Å². The molecule has 0 unspecified atom stereocenters. The van der Waals surface area contributed by atoms with Crippen molar-refractivity contribution in [3.8, 4) is 0 Å². The van der Waals surface area contributed by atoms with Crippen molar-refractivity contribution in [1.29, 1.82) is 0 Å². The molecule has 0 spiro atoms.